The number of para-hydroxylation sites is 1. The molecule has 11 heteroatoms. The fraction of sp³-hybridized carbons (Fsp3) is 0.200. The molecule has 0 aliphatic carbocycles. The van der Waals surface area contributed by atoms with Gasteiger partial charge in [-0.2, -0.15) is 23.3 Å². The molecule has 1 atom stereocenters. The second-order valence-electron chi connectivity index (χ2n) is 6.75. The molecule has 2 heterocycles. The standard InChI is InChI=1S/C20H16F3N5O3/c21-20(22,23)12-4-3-5-13(8-12)26-18(30)10-31-16-7-2-1-6-14(16)15-9-17(29)27-19-24-11-25-28(15)19/h1-8,11,15H,9-10H2,(H,26,30)(H,24,25,27,29)/t15-/m0/s1. The van der Waals surface area contributed by atoms with Crippen LogP contribution in [0.4, 0.5) is 24.8 Å². The lowest BCUT2D eigenvalue weighted by Crippen LogP contribution is -2.29. The summed E-state index contributed by atoms with van der Waals surface area (Å²) in [6, 6.07) is 10.7. The zero-order valence-corrected chi connectivity index (χ0v) is 15.9. The van der Waals surface area contributed by atoms with Crippen LogP contribution in [0.3, 0.4) is 0 Å². The number of fused-ring (bicyclic) bond motifs is 1. The Balaban J connectivity index is 1.47. The zero-order valence-electron chi connectivity index (χ0n) is 15.9. The first-order valence-electron chi connectivity index (χ1n) is 9.19. The van der Waals surface area contributed by atoms with Gasteiger partial charge in [0.2, 0.25) is 11.9 Å². The van der Waals surface area contributed by atoms with Gasteiger partial charge in [-0.1, -0.05) is 24.3 Å². The van der Waals surface area contributed by atoms with E-state index in [4.69, 9.17) is 4.74 Å². The molecule has 1 aliphatic rings. The molecule has 3 aromatic rings. The van der Waals surface area contributed by atoms with E-state index in [1.807, 2.05) is 0 Å². The Labute approximate surface area is 174 Å². The predicted octanol–water partition coefficient (Wildman–Crippen LogP) is 3.25. The number of rotatable bonds is 5. The maximum Gasteiger partial charge on any atom is 0.416 e. The van der Waals surface area contributed by atoms with Crippen molar-refractivity contribution in [3.63, 3.8) is 0 Å². The molecule has 0 saturated carbocycles. The molecule has 0 unspecified atom stereocenters. The van der Waals surface area contributed by atoms with Crippen molar-refractivity contribution in [3.8, 4) is 5.75 Å². The van der Waals surface area contributed by atoms with Gasteiger partial charge in [-0.25, -0.2) is 4.68 Å². The van der Waals surface area contributed by atoms with Crippen LogP contribution in [0.25, 0.3) is 0 Å². The molecule has 160 valence electrons. The number of alkyl halides is 3. The first kappa shape index (κ1) is 20.4. The van der Waals surface area contributed by atoms with Crippen LogP contribution in [-0.2, 0) is 15.8 Å². The van der Waals surface area contributed by atoms with Gasteiger partial charge >= 0.3 is 6.18 Å². The molecule has 1 aliphatic heterocycles. The van der Waals surface area contributed by atoms with E-state index in [1.165, 1.54) is 18.5 Å². The minimum absolute atomic E-state index is 0.00733. The lowest BCUT2D eigenvalue weighted by atomic mass is 10.0. The smallest absolute Gasteiger partial charge is 0.416 e. The minimum Gasteiger partial charge on any atom is -0.483 e. The Kier molecular flexibility index (Phi) is 5.32. The second kappa shape index (κ2) is 8.09. The summed E-state index contributed by atoms with van der Waals surface area (Å²) in [6.07, 6.45) is -3.09. The number of benzene rings is 2. The number of ether oxygens (including phenoxy) is 1. The molecule has 0 spiro atoms. The van der Waals surface area contributed by atoms with Gasteiger partial charge in [0, 0.05) is 11.3 Å². The molecule has 31 heavy (non-hydrogen) atoms. The van der Waals surface area contributed by atoms with Crippen molar-refractivity contribution in [1.82, 2.24) is 14.8 Å². The topological polar surface area (TPSA) is 98.1 Å². The molecule has 8 nitrogen and oxygen atoms in total. The summed E-state index contributed by atoms with van der Waals surface area (Å²) in [6.45, 7) is -0.434. The largest absolute Gasteiger partial charge is 0.483 e. The molecule has 0 radical (unpaired) electrons. The van der Waals surface area contributed by atoms with Gasteiger partial charge < -0.3 is 10.1 Å². The molecule has 2 aromatic carbocycles. The first-order chi connectivity index (χ1) is 14.8. The Morgan fingerprint density at radius 3 is 2.84 bits per heavy atom. The van der Waals surface area contributed by atoms with E-state index in [-0.39, 0.29) is 18.0 Å². The number of aromatic nitrogens is 3. The Morgan fingerprint density at radius 2 is 2.03 bits per heavy atom. The summed E-state index contributed by atoms with van der Waals surface area (Å²) < 4.78 is 45.7. The van der Waals surface area contributed by atoms with Crippen LogP contribution in [0.5, 0.6) is 5.75 Å². The predicted molar refractivity (Wildman–Crippen MR) is 103 cm³/mol. The molecular formula is C20H16F3N5O3. The summed E-state index contributed by atoms with van der Waals surface area (Å²) in [5.41, 5.74) is -0.236. The molecule has 0 saturated heterocycles. The summed E-state index contributed by atoms with van der Waals surface area (Å²) >= 11 is 0. The number of anilines is 2. The molecule has 4 rings (SSSR count). The van der Waals surface area contributed by atoms with Crippen molar-refractivity contribution < 1.29 is 27.5 Å². The Hall–Kier alpha value is -3.89. The number of carbonyl (C=O) groups is 2. The van der Waals surface area contributed by atoms with Crippen molar-refractivity contribution in [2.45, 2.75) is 18.6 Å². The number of halogens is 3. The molecule has 0 bridgehead atoms. The summed E-state index contributed by atoms with van der Waals surface area (Å²) in [5.74, 6) is -0.208. The van der Waals surface area contributed by atoms with Crippen LogP contribution in [0.2, 0.25) is 0 Å². The second-order valence-corrected chi connectivity index (χ2v) is 6.75. The quantitative estimate of drug-likeness (QED) is 0.646. The van der Waals surface area contributed by atoms with Gasteiger partial charge in [-0.05, 0) is 24.3 Å². The van der Waals surface area contributed by atoms with Crippen molar-refractivity contribution >= 4 is 23.5 Å². The van der Waals surface area contributed by atoms with Gasteiger partial charge in [0.1, 0.15) is 12.1 Å². The lowest BCUT2D eigenvalue weighted by molar-refractivity contribution is -0.137. The van der Waals surface area contributed by atoms with E-state index >= 15 is 0 Å². The minimum atomic E-state index is -4.51. The molecule has 1 aromatic heterocycles. The van der Waals surface area contributed by atoms with Crippen LogP contribution in [0.1, 0.15) is 23.6 Å². The van der Waals surface area contributed by atoms with E-state index in [0.717, 1.165) is 12.1 Å². The number of hydrogen-bond donors (Lipinski definition) is 2. The third-order valence-corrected chi connectivity index (χ3v) is 4.61. The fourth-order valence-electron chi connectivity index (χ4n) is 3.25. The first-order valence-corrected chi connectivity index (χ1v) is 9.19. The Morgan fingerprint density at radius 1 is 1.23 bits per heavy atom. The lowest BCUT2D eigenvalue weighted by Gasteiger charge is -2.25. The maximum atomic E-state index is 12.8. The number of hydrogen-bond acceptors (Lipinski definition) is 5. The highest BCUT2D eigenvalue weighted by molar-refractivity contribution is 5.92. The zero-order chi connectivity index (χ0) is 22.0. The van der Waals surface area contributed by atoms with Crippen molar-refractivity contribution in [1.29, 1.82) is 0 Å². The number of amides is 2. The monoisotopic (exact) mass is 431 g/mol. The van der Waals surface area contributed by atoms with E-state index < -0.39 is 30.3 Å². The average molecular weight is 431 g/mol. The van der Waals surface area contributed by atoms with Crippen LogP contribution in [0.15, 0.2) is 54.9 Å². The van der Waals surface area contributed by atoms with E-state index in [9.17, 15) is 22.8 Å². The van der Waals surface area contributed by atoms with Crippen molar-refractivity contribution in [3.05, 3.63) is 66.0 Å². The van der Waals surface area contributed by atoms with Gasteiger partial charge in [-0.15, -0.1) is 0 Å². The van der Waals surface area contributed by atoms with E-state index in [1.54, 1.807) is 28.9 Å². The van der Waals surface area contributed by atoms with Crippen molar-refractivity contribution in [2.75, 3.05) is 17.2 Å². The van der Waals surface area contributed by atoms with Gasteiger partial charge in [0.25, 0.3) is 5.91 Å². The van der Waals surface area contributed by atoms with E-state index in [0.29, 0.717) is 17.3 Å². The summed E-state index contributed by atoms with van der Waals surface area (Å²) in [4.78, 5) is 28.2. The highest BCUT2D eigenvalue weighted by Gasteiger charge is 2.31. The normalized spacial score (nSPS) is 15.7. The molecule has 0 fully saturated rings. The third-order valence-electron chi connectivity index (χ3n) is 4.61. The third kappa shape index (κ3) is 4.49. The average Bonchev–Trinajstić information content (AvgIpc) is 3.20. The van der Waals surface area contributed by atoms with E-state index in [2.05, 4.69) is 20.7 Å². The van der Waals surface area contributed by atoms with Crippen LogP contribution in [-0.4, -0.2) is 33.2 Å². The SMILES string of the molecule is O=C(COc1ccccc1[C@@H]1CC(=O)Nc2ncnn21)Nc1cccc(C(F)(F)F)c1. The van der Waals surface area contributed by atoms with Gasteiger partial charge in [-0.3, -0.25) is 14.9 Å². The van der Waals surface area contributed by atoms with Gasteiger partial charge in [0.05, 0.1) is 18.0 Å². The van der Waals surface area contributed by atoms with Crippen LogP contribution < -0.4 is 15.4 Å². The fourth-order valence-corrected chi connectivity index (χ4v) is 3.25. The van der Waals surface area contributed by atoms with Gasteiger partial charge in [0.15, 0.2) is 6.61 Å². The van der Waals surface area contributed by atoms with Crippen LogP contribution >= 0.6 is 0 Å². The summed E-state index contributed by atoms with van der Waals surface area (Å²) in [7, 11) is 0. The highest BCUT2D eigenvalue weighted by atomic mass is 19.4. The van der Waals surface area contributed by atoms with Crippen molar-refractivity contribution in [2.24, 2.45) is 0 Å². The molecule has 2 amide bonds. The number of carbonyl (C=O) groups excluding carboxylic acids is 2. The number of nitrogens with one attached hydrogen (secondary N) is 2. The molecular weight excluding hydrogens is 415 g/mol. The summed E-state index contributed by atoms with van der Waals surface area (Å²) in [5, 5.41) is 9.14. The molecule has 2 N–H and O–H groups in total. The Bertz CT molecular complexity index is 1130. The van der Waals surface area contributed by atoms with Crippen LogP contribution in [0, 0.1) is 0 Å². The highest BCUT2D eigenvalue weighted by Crippen LogP contribution is 2.34. The maximum absolute atomic E-state index is 12.8. The number of nitrogens with zero attached hydrogens (tertiary/aromatic N) is 3.